The number of pyridine rings is 1. The second-order valence-corrected chi connectivity index (χ2v) is 9.23. The summed E-state index contributed by atoms with van der Waals surface area (Å²) in [5, 5.41) is 2.67. The molecule has 1 saturated heterocycles. The summed E-state index contributed by atoms with van der Waals surface area (Å²) >= 11 is 0. The summed E-state index contributed by atoms with van der Waals surface area (Å²) in [6, 6.07) is 3.46. The lowest BCUT2D eigenvalue weighted by molar-refractivity contribution is -0.116. The van der Waals surface area contributed by atoms with Crippen molar-refractivity contribution < 1.29 is 13.2 Å². The van der Waals surface area contributed by atoms with Crippen LogP contribution >= 0.6 is 0 Å². The highest BCUT2D eigenvalue weighted by Gasteiger charge is 2.37. The zero-order valence-corrected chi connectivity index (χ0v) is 15.5. The Kier molecular flexibility index (Phi) is 4.74. The van der Waals surface area contributed by atoms with Crippen molar-refractivity contribution in [3.05, 3.63) is 28.2 Å². The Morgan fingerprint density at radius 1 is 1.28 bits per heavy atom. The van der Waals surface area contributed by atoms with E-state index < -0.39 is 10.0 Å². The number of carbonyl (C=O) groups is 1. The fourth-order valence-corrected chi connectivity index (χ4v) is 4.68. The van der Waals surface area contributed by atoms with Gasteiger partial charge in [0.25, 0.3) is 5.56 Å². The molecule has 0 aliphatic carbocycles. The van der Waals surface area contributed by atoms with Crippen molar-refractivity contribution in [2.45, 2.75) is 18.9 Å². The Hall–Kier alpha value is -1.71. The van der Waals surface area contributed by atoms with Crippen molar-refractivity contribution in [1.82, 2.24) is 13.8 Å². The lowest BCUT2D eigenvalue weighted by atomic mass is 9.84. The van der Waals surface area contributed by atoms with Crippen molar-refractivity contribution >= 4 is 21.6 Å². The number of hydrogen-bond donors (Lipinski definition) is 1. The lowest BCUT2D eigenvalue weighted by Gasteiger charge is -2.41. The molecule has 2 aliphatic heterocycles. The first-order valence-electron chi connectivity index (χ1n) is 8.28. The maximum atomic E-state index is 12.7. The highest BCUT2D eigenvalue weighted by atomic mass is 32.2. The zero-order chi connectivity index (χ0) is 18.4. The third-order valence-electron chi connectivity index (χ3n) is 4.77. The van der Waals surface area contributed by atoms with Crippen LogP contribution in [0.5, 0.6) is 0 Å². The van der Waals surface area contributed by atoms with E-state index >= 15 is 0 Å². The van der Waals surface area contributed by atoms with Gasteiger partial charge in [-0.15, -0.1) is 0 Å². The van der Waals surface area contributed by atoms with Gasteiger partial charge in [-0.1, -0.05) is 0 Å². The van der Waals surface area contributed by atoms with Crippen LogP contribution in [0.15, 0.2) is 16.9 Å². The quantitative estimate of drug-likeness (QED) is 0.790. The normalized spacial score (nSPS) is 23.4. The van der Waals surface area contributed by atoms with E-state index in [-0.39, 0.29) is 35.5 Å². The average Bonchev–Trinajstić information content (AvgIpc) is 2.48. The van der Waals surface area contributed by atoms with Crippen molar-refractivity contribution in [1.29, 1.82) is 0 Å². The first kappa shape index (κ1) is 18.1. The number of rotatable bonds is 4. The Balaban J connectivity index is 1.88. The van der Waals surface area contributed by atoms with E-state index in [9.17, 15) is 18.0 Å². The molecule has 1 amide bonds. The number of anilines is 1. The molecule has 2 bridgehead atoms. The topological polar surface area (TPSA) is 91.7 Å². The van der Waals surface area contributed by atoms with Crippen LogP contribution in [0.1, 0.15) is 18.0 Å². The molecule has 1 aromatic rings. The maximum absolute atomic E-state index is 12.7. The van der Waals surface area contributed by atoms with Gasteiger partial charge < -0.3 is 14.8 Å². The summed E-state index contributed by atoms with van der Waals surface area (Å²) in [6.07, 6.45) is 2.11. The Morgan fingerprint density at radius 3 is 2.64 bits per heavy atom. The largest absolute Gasteiger partial charge is 0.320 e. The van der Waals surface area contributed by atoms with Gasteiger partial charge in [-0.25, -0.2) is 12.7 Å². The van der Waals surface area contributed by atoms with Gasteiger partial charge in [0.15, 0.2) is 0 Å². The molecule has 2 atom stereocenters. The van der Waals surface area contributed by atoms with Gasteiger partial charge in [0, 0.05) is 31.2 Å². The van der Waals surface area contributed by atoms with Gasteiger partial charge in [0.1, 0.15) is 5.69 Å². The minimum absolute atomic E-state index is 0.0152. The average molecular weight is 368 g/mol. The molecular weight excluding hydrogens is 344 g/mol. The molecule has 138 valence electrons. The van der Waals surface area contributed by atoms with E-state index in [1.54, 1.807) is 29.6 Å². The van der Waals surface area contributed by atoms with E-state index in [0.717, 1.165) is 12.1 Å². The predicted octanol–water partition coefficient (Wildman–Crippen LogP) is -0.273. The number of fused-ring (bicyclic) bond motifs is 4. The summed E-state index contributed by atoms with van der Waals surface area (Å²) in [6.45, 7) is 1.53. The summed E-state index contributed by atoms with van der Waals surface area (Å²) < 4.78 is 26.9. The zero-order valence-electron chi connectivity index (χ0n) is 14.7. The smallest absolute Gasteiger partial charge is 0.274 e. The molecule has 0 aromatic carbocycles. The van der Waals surface area contributed by atoms with Gasteiger partial charge >= 0.3 is 0 Å². The van der Waals surface area contributed by atoms with Crippen LogP contribution in [0.2, 0.25) is 0 Å². The molecule has 0 radical (unpaired) electrons. The molecule has 3 rings (SSSR count). The van der Waals surface area contributed by atoms with Crippen molar-refractivity contribution in [2.24, 2.45) is 5.92 Å². The van der Waals surface area contributed by atoms with Crippen molar-refractivity contribution in [3.63, 3.8) is 0 Å². The molecular formula is C16H24N4O4S. The van der Waals surface area contributed by atoms with E-state index in [0.29, 0.717) is 19.6 Å². The monoisotopic (exact) mass is 368 g/mol. The molecule has 1 fully saturated rings. The highest BCUT2D eigenvalue weighted by molar-refractivity contribution is 7.88. The van der Waals surface area contributed by atoms with Crippen LogP contribution in [0.3, 0.4) is 0 Å². The second-order valence-electron chi connectivity index (χ2n) is 7.25. The van der Waals surface area contributed by atoms with E-state index in [1.807, 2.05) is 6.07 Å². The molecule has 1 N–H and O–H groups in total. The minimum Gasteiger partial charge on any atom is -0.320 e. The van der Waals surface area contributed by atoms with Crippen LogP contribution in [0.25, 0.3) is 0 Å². The first-order chi connectivity index (χ1) is 11.6. The molecule has 9 heteroatoms. The fourth-order valence-electron chi connectivity index (χ4n) is 3.74. The number of sulfonamides is 1. The maximum Gasteiger partial charge on any atom is 0.274 e. The van der Waals surface area contributed by atoms with Crippen LogP contribution in [0, 0.1) is 5.92 Å². The van der Waals surface area contributed by atoms with Crippen LogP contribution < -0.4 is 10.9 Å². The number of nitrogens with one attached hydrogen (secondary N) is 1. The number of aromatic nitrogens is 1. The van der Waals surface area contributed by atoms with Crippen molar-refractivity contribution in [3.8, 4) is 0 Å². The van der Waals surface area contributed by atoms with Crippen molar-refractivity contribution in [2.75, 3.05) is 45.3 Å². The highest BCUT2D eigenvalue weighted by Crippen LogP contribution is 2.36. The minimum atomic E-state index is -3.23. The third-order valence-corrected chi connectivity index (χ3v) is 6.01. The SMILES string of the molecule is CN(C)CC(=O)Nc1ccc2n(c1=O)C[C@H]1C[C@@H]2CN(S(C)(=O)=O)C1. The van der Waals surface area contributed by atoms with E-state index in [1.165, 1.54) is 10.6 Å². The number of likely N-dealkylation sites (N-methyl/N-ethyl adjacent to an activating group) is 1. The van der Waals surface area contributed by atoms with E-state index in [4.69, 9.17) is 0 Å². The molecule has 2 aliphatic rings. The third kappa shape index (κ3) is 3.78. The van der Waals surface area contributed by atoms with Gasteiger partial charge in [0.2, 0.25) is 15.9 Å². The number of carbonyl (C=O) groups excluding carboxylic acids is 1. The molecule has 1 aromatic heterocycles. The van der Waals surface area contributed by atoms with Gasteiger partial charge in [-0.2, -0.15) is 0 Å². The lowest BCUT2D eigenvalue weighted by Crippen LogP contribution is -2.49. The standard InChI is InChI=1S/C16H24N4O4S/c1-18(2)10-15(21)17-13-4-5-14-12-6-11(8-20(14)16(13)22)7-19(9-12)25(3,23)24/h4-5,11-12H,6-10H2,1-3H3,(H,17,21)/t11-,12+/m0/s1. The van der Waals surface area contributed by atoms with Crippen LogP contribution in [0.4, 0.5) is 5.69 Å². The molecule has 0 spiro atoms. The molecule has 25 heavy (non-hydrogen) atoms. The number of nitrogens with zero attached hydrogens (tertiary/aromatic N) is 3. The molecule has 3 heterocycles. The molecule has 0 saturated carbocycles. The first-order valence-corrected chi connectivity index (χ1v) is 10.1. The summed E-state index contributed by atoms with van der Waals surface area (Å²) in [5.41, 5.74) is 0.905. The molecule has 0 unspecified atom stereocenters. The Labute approximate surface area is 147 Å². The fraction of sp³-hybridized carbons (Fsp3) is 0.625. The van der Waals surface area contributed by atoms with Gasteiger partial charge in [0.05, 0.1) is 12.8 Å². The number of amides is 1. The summed E-state index contributed by atoms with van der Waals surface area (Å²) in [4.78, 5) is 26.4. The summed E-state index contributed by atoms with van der Waals surface area (Å²) in [5.74, 6) is -0.102. The van der Waals surface area contributed by atoms with E-state index in [2.05, 4.69) is 5.32 Å². The number of piperidine rings is 1. The Morgan fingerprint density at radius 2 is 2.00 bits per heavy atom. The predicted molar refractivity (Wildman–Crippen MR) is 95.2 cm³/mol. The second kappa shape index (κ2) is 6.54. The number of hydrogen-bond acceptors (Lipinski definition) is 5. The van der Waals surface area contributed by atoms with Gasteiger partial charge in [-0.3, -0.25) is 9.59 Å². The summed E-state index contributed by atoms with van der Waals surface area (Å²) in [7, 11) is 0.340. The Bertz CT molecular complexity index is 846. The van der Waals surface area contributed by atoms with Crippen LogP contribution in [-0.2, 0) is 21.4 Å². The van der Waals surface area contributed by atoms with Gasteiger partial charge in [-0.05, 0) is 38.6 Å². The molecule has 8 nitrogen and oxygen atoms in total. The van der Waals surface area contributed by atoms with Crippen LogP contribution in [-0.4, -0.2) is 68.1 Å².